The Balaban J connectivity index is 2.68. The molecule has 0 spiro atoms. The molecule has 66 valence electrons. The van der Waals surface area contributed by atoms with Gasteiger partial charge in [0.15, 0.2) is 0 Å². The van der Waals surface area contributed by atoms with Crippen molar-refractivity contribution in [1.82, 2.24) is 15.0 Å². The summed E-state index contributed by atoms with van der Waals surface area (Å²) in [6.45, 7) is 0. The molecule has 5 heteroatoms. The average Bonchev–Trinajstić information content (AvgIpc) is 2.50. The standard InChI is InChI=1S/C8H7FN4/c9-8-5(1-2-7(10)13-8)6-3-11-4-12-6/h1-4H,(H2,10,13)(H,11,12)/i1D,3D. The average molecular weight is 180 g/mol. The van der Waals surface area contributed by atoms with Gasteiger partial charge in [-0.15, -0.1) is 0 Å². The summed E-state index contributed by atoms with van der Waals surface area (Å²) in [6, 6.07) is 1.09. The van der Waals surface area contributed by atoms with Gasteiger partial charge in [-0.05, 0) is 12.1 Å². The van der Waals surface area contributed by atoms with E-state index in [1.807, 2.05) is 0 Å². The van der Waals surface area contributed by atoms with Crippen molar-refractivity contribution < 1.29 is 7.13 Å². The third kappa shape index (κ3) is 1.35. The number of nitrogens with one attached hydrogen (secondary N) is 1. The molecule has 0 saturated carbocycles. The molecule has 4 nitrogen and oxygen atoms in total. The van der Waals surface area contributed by atoms with Gasteiger partial charge >= 0.3 is 0 Å². The lowest BCUT2D eigenvalue weighted by molar-refractivity contribution is 0.589. The third-order valence-electron chi connectivity index (χ3n) is 1.50. The maximum atomic E-state index is 13.4. The molecule has 13 heavy (non-hydrogen) atoms. The van der Waals surface area contributed by atoms with Crippen LogP contribution in [0.15, 0.2) is 24.6 Å². The van der Waals surface area contributed by atoms with Gasteiger partial charge in [-0.1, -0.05) is 0 Å². The molecule has 0 unspecified atom stereocenters. The second-order valence-electron chi connectivity index (χ2n) is 2.38. The van der Waals surface area contributed by atoms with Crippen LogP contribution in [0.2, 0.25) is 0 Å². The van der Waals surface area contributed by atoms with Gasteiger partial charge in [0.25, 0.3) is 0 Å². The first-order valence-electron chi connectivity index (χ1n) is 4.52. The molecule has 0 saturated heterocycles. The first-order valence-corrected chi connectivity index (χ1v) is 3.52. The number of imidazole rings is 1. The normalized spacial score (nSPS) is 12.4. The molecule has 0 amide bonds. The maximum absolute atomic E-state index is 13.4. The van der Waals surface area contributed by atoms with Gasteiger partial charge < -0.3 is 10.7 Å². The van der Waals surface area contributed by atoms with Crippen LogP contribution in [0.1, 0.15) is 2.74 Å². The molecular weight excluding hydrogens is 171 g/mol. The number of H-pyrrole nitrogens is 1. The molecule has 0 fully saturated rings. The van der Waals surface area contributed by atoms with Crippen molar-refractivity contribution in [2.45, 2.75) is 0 Å². The van der Waals surface area contributed by atoms with Gasteiger partial charge in [0.1, 0.15) is 5.82 Å². The molecule has 0 aliphatic carbocycles. The lowest BCUT2D eigenvalue weighted by Crippen LogP contribution is -1.94. The Morgan fingerprint density at radius 3 is 3.08 bits per heavy atom. The van der Waals surface area contributed by atoms with E-state index in [0.717, 1.165) is 0 Å². The molecule has 2 rings (SSSR count). The summed E-state index contributed by atoms with van der Waals surface area (Å²) in [5.74, 6) is -0.940. The van der Waals surface area contributed by atoms with E-state index < -0.39 is 5.95 Å². The Morgan fingerprint density at radius 1 is 1.62 bits per heavy atom. The SMILES string of the molecule is [2H]c1cc(N)nc(F)c1-c1[nH]cnc1[2H]. The van der Waals surface area contributed by atoms with Crippen molar-refractivity contribution in [3.8, 4) is 11.3 Å². The van der Waals surface area contributed by atoms with Crippen LogP contribution in [0.4, 0.5) is 10.2 Å². The Kier molecular flexibility index (Phi) is 1.25. The molecule has 0 aliphatic heterocycles. The first kappa shape index (κ1) is 5.69. The van der Waals surface area contributed by atoms with Crippen molar-refractivity contribution in [1.29, 1.82) is 0 Å². The molecular formula is C8H7FN4. The zero-order valence-corrected chi connectivity index (χ0v) is 6.50. The van der Waals surface area contributed by atoms with Crippen LogP contribution >= 0.6 is 0 Å². The van der Waals surface area contributed by atoms with E-state index in [1.165, 1.54) is 12.4 Å². The lowest BCUT2D eigenvalue weighted by atomic mass is 10.2. The van der Waals surface area contributed by atoms with E-state index in [-0.39, 0.29) is 29.3 Å². The Labute approximate surface area is 76.5 Å². The Bertz CT molecular complexity index is 488. The second-order valence-corrected chi connectivity index (χ2v) is 2.38. The highest BCUT2D eigenvalue weighted by atomic mass is 19.1. The monoisotopic (exact) mass is 180 g/mol. The summed E-state index contributed by atoms with van der Waals surface area (Å²) in [4.78, 5) is 9.57. The van der Waals surface area contributed by atoms with Crippen molar-refractivity contribution in [2.75, 3.05) is 5.73 Å². The summed E-state index contributed by atoms with van der Waals surface area (Å²) < 4.78 is 28.3. The number of rotatable bonds is 1. The van der Waals surface area contributed by atoms with Crippen molar-refractivity contribution >= 4 is 5.82 Å². The predicted octanol–water partition coefficient (Wildman–Crippen LogP) is 1.19. The number of pyridine rings is 1. The lowest BCUT2D eigenvalue weighted by Gasteiger charge is -1.99. The fourth-order valence-corrected chi connectivity index (χ4v) is 0.936. The third-order valence-corrected chi connectivity index (χ3v) is 1.50. The molecule has 2 heterocycles. The number of aromatic nitrogens is 3. The number of hydrogen-bond donors (Lipinski definition) is 2. The summed E-state index contributed by atoms with van der Waals surface area (Å²) in [5, 5.41) is 0. The summed E-state index contributed by atoms with van der Waals surface area (Å²) >= 11 is 0. The van der Waals surface area contributed by atoms with Gasteiger partial charge in [0, 0.05) is 0 Å². The van der Waals surface area contributed by atoms with Crippen LogP contribution in [0.3, 0.4) is 0 Å². The molecule has 0 aromatic carbocycles. The highest BCUT2D eigenvalue weighted by Gasteiger charge is 2.06. The fraction of sp³-hybridized carbons (Fsp3) is 0. The number of anilines is 1. The molecule has 2 aromatic rings. The van der Waals surface area contributed by atoms with Gasteiger partial charge in [-0.2, -0.15) is 4.39 Å². The van der Waals surface area contributed by atoms with Crippen molar-refractivity contribution in [2.24, 2.45) is 0 Å². The van der Waals surface area contributed by atoms with Crippen LogP contribution in [0.25, 0.3) is 11.3 Å². The molecule has 3 N–H and O–H groups in total. The fourth-order valence-electron chi connectivity index (χ4n) is 0.936. The van der Waals surface area contributed by atoms with Crippen LogP contribution in [0.5, 0.6) is 0 Å². The number of aromatic amines is 1. The second kappa shape index (κ2) is 2.85. The van der Waals surface area contributed by atoms with E-state index in [9.17, 15) is 4.39 Å². The van der Waals surface area contributed by atoms with E-state index in [1.54, 1.807) is 0 Å². The zero-order valence-electron chi connectivity index (χ0n) is 8.50. The van der Waals surface area contributed by atoms with Crippen LogP contribution in [0, 0.1) is 5.95 Å². The highest BCUT2D eigenvalue weighted by Crippen LogP contribution is 2.19. The summed E-state index contributed by atoms with van der Waals surface area (Å²) in [6.07, 6.45) is 1.13. The topological polar surface area (TPSA) is 67.6 Å². The van der Waals surface area contributed by atoms with Gasteiger partial charge in [0.05, 0.1) is 26.5 Å². The number of nitrogens with two attached hydrogens (primary N) is 1. The smallest absolute Gasteiger partial charge is 0.224 e. The van der Waals surface area contributed by atoms with E-state index in [2.05, 4.69) is 15.0 Å². The van der Waals surface area contributed by atoms with Crippen LogP contribution < -0.4 is 5.73 Å². The molecule has 0 atom stereocenters. The van der Waals surface area contributed by atoms with Crippen LogP contribution in [-0.2, 0) is 0 Å². The molecule has 0 aliphatic rings. The number of hydrogen-bond acceptors (Lipinski definition) is 3. The van der Waals surface area contributed by atoms with Crippen LogP contribution in [-0.4, -0.2) is 15.0 Å². The molecule has 0 radical (unpaired) electrons. The van der Waals surface area contributed by atoms with Crippen molar-refractivity contribution in [3.05, 3.63) is 30.6 Å². The summed E-state index contributed by atoms with van der Waals surface area (Å²) in [5.41, 5.74) is 5.31. The van der Waals surface area contributed by atoms with Crippen molar-refractivity contribution in [3.63, 3.8) is 0 Å². The molecule has 2 aromatic heterocycles. The summed E-state index contributed by atoms with van der Waals surface area (Å²) in [7, 11) is 0. The Morgan fingerprint density at radius 2 is 2.46 bits per heavy atom. The number of halogens is 1. The first-order chi connectivity index (χ1) is 7.09. The number of nitrogens with zero attached hydrogens (tertiary/aromatic N) is 2. The minimum atomic E-state index is -0.877. The highest BCUT2D eigenvalue weighted by molar-refractivity contribution is 5.58. The largest absolute Gasteiger partial charge is 0.384 e. The van der Waals surface area contributed by atoms with Gasteiger partial charge in [-0.3, -0.25) is 0 Å². The van der Waals surface area contributed by atoms with E-state index in [4.69, 9.17) is 8.48 Å². The van der Waals surface area contributed by atoms with Gasteiger partial charge in [0.2, 0.25) is 5.95 Å². The number of nitrogen functional groups attached to an aromatic ring is 1. The van der Waals surface area contributed by atoms with E-state index >= 15 is 0 Å². The van der Waals surface area contributed by atoms with Gasteiger partial charge in [-0.25, -0.2) is 9.97 Å². The minimum absolute atomic E-state index is 0.0627. The quantitative estimate of drug-likeness (QED) is 0.648. The zero-order chi connectivity index (χ0) is 11.0. The minimum Gasteiger partial charge on any atom is -0.384 e. The Hall–Kier alpha value is -1.91. The van der Waals surface area contributed by atoms with E-state index in [0.29, 0.717) is 0 Å². The maximum Gasteiger partial charge on any atom is 0.224 e. The molecule has 0 bridgehead atoms. The predicted molar refractivity (Wildman–Crippen MR) is 46.2 cm³/mol.